The summed E-state index contributed by atoms with van der Waals surface area (Å²) in [6.07, 6.45) is 3.45. The van der Waals surface area contributed by atoms with Gasteiger partial charge in [-0.1, -0.05) is 25.1 Å². The minimum absolute atomic E-state index is 0.211. The van der Waals surface area contributed by atoms with Crippen molar-refractivity contribution < 1.29 is 4.92 Å². The van der Waals surface area contributed by atoms with Crippen LogP contribution in [-0.4, -0.2) is 35.5 Å². The molecule has 0 atom stereocenters. The van der Waals surface area contributed by atoms with Crippen molar-refractivity contribution in [2.75, 3.05) is 19.6 Å². The molecule has 0 amide bonds. The molecule has 1 aromatic rings. The fraction of sp³-hybridized carbons (Fsp3) is 0.600. The van der Waals surface area contributed by atoms with Crippen LogP contribution in [0.25, 0.3) is 0 Å². The first-order valence-corrected chi connectivity index (χ1v) is 7.38. The topological polar surface area (TPSA) is 58.4 Å². The molecule has 1 aliphatic rings. The summed E-state index contributed by atoms with van der Waals surface area (Å²) in [7, 11) is 0. The Morgan fingerprint density at radius 3 is 2.70 bits per heavy atom. The maximum absolute atomic E-state index is 11.0. The van der Waals surface area contributed by atoms with E-state index >= 15 is 0 Å². The lowest BCUT2D eigenvalue weighted by Gasteiger charge is -2.32. The van der Waals surface area contributed by atoms with E-state index in [0.29, 0.717) is 12.6 Å². The van der Waals surface area contributed by atoms with Crippen LogP contribution in [0.2, 0.25) is 0 Å². The smallest absolute Gasteiger partial charge is 0.273 e. The molecular weight excluding hydrogens is 254 g/mol. The Hall–Kier alpha value is -1.46. The third-order valence-corrected chi connectivity index (χ3v) is 3.90. The Balaban J connectivity index is 1.83. The second kappa shape index (κ2) is 7.36. The summed E-state index contributed by atoms with van der Waals surface area (Å²) < 4.78 is 0. The summed E-state index contributed by atoms with van der Waals surface area (Å²) in [6, 6.07) is 7.44. The van der Waals surface area contributed by atoms with Gasteiger partial charge in [0.05, 0.1) is 4.92 Å². The summed E-state index contributed by atoms with van der Waals surface area (Å²) in [6.45, 7) is 6.22. The van der Waals surface area contributed by atoms with Gasteiger partial charge in [-0.05, 0) is 38.9 Å². The molecule has 1 aromatic carbocycles. The number of nitrogens with one attached hydrogen (secondary N) is 1. The van der Waals surface area contributed by atoms with Gasteiger partial charge < -0.3 is 10.2 Å². The Kier molecular flexibility index (Phi) is 5.49. The van der Waals surface area contributed by atoms with Crippen LogP contribution in [0.5, 0.6) is 0 Å². The molecular formula is C15H23N3O2. The number of nitro benzene ring substituents is 1. The predicted molar refractivity (Wildman–Crippen MR) is 79.7 cm³/mol. The predicted octanol–water partition coefficient (Wildman–Crippen LogP) is 2.56. The number of rotatable bonds is 6. The van der Waals surface area contributed by atoms with E-state index in [2.05, 4.69) is 17.1 Å². The Morgan fingerprint density at radius 2 is 2.05 bits per heavy atom. The van der Waals surface area contributed by atoms with Crippen LogP contribution in [0, 0.1) is 10.1 Å². The molecule has 0 unspecified atom stereocenters. The minimum Gasteiger partial charge on any atom is -0.310 e. The molecule has 0 bridgehead atoms. The minimum atomic E-state index is -0.305. The zero-order valence-corrected chi connectivity index (χ0v) is 12.0. The van der Waals surface area contributed by atoms with Crippen LogP contribution >= 0.6 is 0 Å². The van der Waals surface area contributed by atoms with Gasteiger partial charge in [0.1, 0.15) is 0 Å². The monoisotopic (exact) mass is 277 g/mol. The van der Waals surface area contributed by atoms with E-state index in [1.165, 1.54) is 13.0 Å². The van der Waals surface area contributed by atoms with Crippen LogP contribution in [0.4, 0.5) is 5.69 Å². The molecule has 0 radical (unpaired) electrons. The van der Waals surface area contributed by atoms with Crippen molar-refractivity contribution in [1.82, 2.24) is 10.2 Å². The molecule has 1 N–H and O–H groups in total. The molecule has 0 aromatic heterocycles. The summed E-state index contributed by atoms with van der Waals surface area (Å²) in [4.78, 5) is 13.1. The van der Waals surface area contributed by atoms with E-state index < -0.39 is 0 Å². The Bertz CT molecular complexity index is 442. The lowest BCUT2D eigenvalue weighted by Crippen LogP contribution is -2.42. The second-order valence-electron chi connectivity index (χ2n) is 5.38. The highest BCUT2D eigenvalue weighted by molar-refractivity contribution is 5.39. The van der Waals surface area contributed by atoms with E-state index in [4.69, 9.17) is 0 Å². The molecule has 20 heavy (non-hydrogen) atoms. The summed E-state index contributed by atoms with van der Waals surface area (Å²) in [5.74, 6) is 0. The average molecular weight is 277 g/mol. The van der Waals surface area contributed by atoms with Crippen molar-refractivity contribution in [3.05, 3.63) is 39.9 Å². The summed E-state index contributed by atoms with van der Waals surface area (Å²) >= 11 is 0. The molecule has 0 saturated carbocycles. The number of hydrogen-bond donors (Lipinski definition) is 1. The number of likely N-dealkylation sites (tertiary alicyclic amines) is 1. The lowest BCUT2D eigenvalue weighted by atomic mass is 10.0. The number of nitrogens with zero attached hydrogens (tertiary/aromatic N) is 2. The highest BCUT2D eigenvalue weighted by atomic mass is 16.6. The zero-order valence-electron chi connectivity index (χ0n) is 12.0. The standard InChI is InChI=1S/C15H23N3O2/c1-2-9-17-10-7-14(8-11-17)16-12-13-5-3-4-6-15(13)18(19)20/h3-6,14,16H,2,7-12H2,1H3. The number of nitro groups is 1. The van der Waals surface area contributed by atoms with E-state index in [1.807, 2.05) is 12.1 Å². The van der Waals surface area contributed by atoms with Gasteiger partial charge in [-0.15, -0.1) is 0 Å². The van der Waals surface area contributed by atoms with Crippen LogP contribution in [0.15, 0.2) is 24.3 Å². The van der Waals surface area contributed by atoms with Gasteiger partial charge in [0.15, 0.2) is 0 Å². The first-order chi connectivity index (χ1) is 9.70. The van der Waals surface area contributed by atoms with Crippen LogP contribution in [0.3, 0.4) is 0 Å². The van der Waals surface area contributed by atoms with Gasteiger partial charge in [-0.25, -0.2) is 0 Å². The SMILES string of the molecule is CCCN1CCC(NCc2ccccc2[N+](=O)[O-])CC1. The molecule has 110 valence electrons. The normalized spacial score (nSPS) is 17.2. The Morgan fingerprint density at radius 1 is 1.35 bits per heavy atom. The van der Waals surface area contributed by atoms with E-state index in [-0.39, 0.29) is 10.6 Å². The first kappa shape index (κ1) is 14.9. The van der Waals surface area contributed by atoms with Gasteiger partial charge >= 0.3 is 0 Å². The number of para-hydroxylation sites is 1. The maximum Gasteiger partial charge on any atom is 0.273 e. The highest BCUT2D eigenvalue weighted by Crippen LogP contribution is 2.18. The summed E-state index contributed by atoms with van der Waals surface area (Å²) in [5.41, 5.74) is 0.983. The largest absolute Gasteiger partial charge is 0.310 e. The molecule has 5 heteroatoms. The molecule has 2 rings (SSSR count). The third-order valence-electron chi connectivity index (χ3n) is 3.90. The average Bonchev–Trinajstić information content (AvgIpc) is 2.47. The molecule has 1 saturated heterocycles. The van der Waals surface area contributed by atoms with E-state index in [1.54, 1.807) is 12.1 Å². The third kappa shape index (κ3) is 4.02. The van der Waals surface area contributed by atoms with Gasteiger partial charge in [0, 0.05) is 24.2 Å². The zero-order chi connectivity index (χ0) is 14.4. The van der Waals surface area contributed by atoms with E-state index in [0.717, 1.165) is 31.5 Å². The van der Waals surface area contributed by atoms with Gasteiger partial charge in [-0.2, -0.15) is 0 Å². The van der Waals surface area contributed by atoms with Crippen LogP contribution in [0.1, 0.15) is 31.7 Å². The molecule has 0 spiro atoms. The quantitative estimate of drug-likeness (QED) is 0.641. The fourth-order valence-corrected chi connectivity index (χ4v) is 2.77. The van der Waals surface area contributed by atoms with Crippen LogP contribution < -0.4 is 5.32 Å². The summed E-state index contributed by atoms with van der Waals surface area (Å²) in [5, 5.41) is 14.4. The number of benzene rings is 1. The molecule has 1 fully saturated rings. The molecule has 1 aliphatic heterocycles. The second-order valence-corrected chi connectivity index (χ2v) is 5.38. The van der Waals surface area contributed by atoms with Gasteiger partial charge in [-0.3, -0.25) is 10.1 Å². The maximum atomic E-state index is 11.0. The van der Waals surface area contributed by atoms with Crippen molar-refractivity contribution in [3.63, 3.8) is 0 Å². The van der Waals surface area contributed by atoms with Crippen molar-refractivity contribution in [2.24, 2.45) is 0 Å². The van der Waals surface area contributed by atoms with Crippen molar-refractivity contribution in [3.8, 4) is 0 Å². The lowest BCUT2D eigenvalue weighted by molar-refractivity contribution is -0.385. The molecule has 1 heterocycles. The Labute approximate surface area is 120 Å². The number of hydrogen-bond acceptors (Lipinski definition) is 4. The van der Waals surface area contributed by atoms with Gasteiger partial charge in [0.25, 0.3) is 5.69 Å². The molecule has 5 nitrogen and oxygen atoms in total. The fourth-order valence-electron chi connectivity index (χ4n) is 2.77. The number of piperidine rings is 1. The van der Waals surface area contributed by atoms with Gasteiger partial charge in [0.2, 0.25) is 0 Å². The van der Waals surface area contributed by atoms with Crippen LogP contribution in [-0.2, 0) is 6.54 Å². The highest BCUT2D eigenvalue weighted by Gasteiger charge is 2.19. The van der Waals surface area contributed by atoms with E-state index in [9.17, 15) is 10.1 Å². The van der Waals surface area contributed by atoms with Crippen molar-refractivity contribution >= 4 is 5.69 Å². The van der Waals surface area contributed by atoms with Crippen molar-refractivity contribution in [2.45, 2.75) is 38.8 Å². The first-order valence-electron chi connectivity index (χ1n) is 7.38. The molecule has 0 aliphatic carbocycles. The van der Waals surface area contributed by atoms with Crippen molar-refractivity contribution in [1.29, 1.82) is 0 Å².